The van der Waals surface area contributed by atoms with Gasteiger partial charge in [0.1, 0.15) is 12.0 Å². The van der Waals surface area contributed by atoms with Crippen LogP contribution in [0, 0.1) is 0 Å². The van der Waals surface area contributed by atoms with E-state index in [0.717, 1.165) is 36.3 Å². The van der Waals surface area contributed by atoms with Gasteiger partial charge in [0.2, 0.25) is 0 Å². The predicted octanol–water partition coefficient (Wildman–Crippen LogP) is 4.50. The van der Waals surface area contributed by atoms with Crippen molar-refractivity contribution in [2.45, 2.75) is 25.8 Å². The van der Waals surface area contributed by atoms with Crippen molar-refractivity contribution in [2.24, 2.45) is 0 Å². The number of rotatable bonds is 8. The maximum absolute atomic E-state index is 6.43. The first-order valence-electron chi connectivity index (χ1n) is 9.38. The topological polar surface area (TPSA) is 67.1 Å². The van der Waals surface area contributed by atoms with Gasteiger partial charge in [0.05, 0.1) is 6.04 Å². The largest absolute Gasteiger partial charge is 0.393 e. The standard InChI is InChI=1S/C22H27N5/c1-3-4-15-27(2)22-19(23)21(24-16-25-22)26-20(17-11-7-5-8-12-17)18-13-9-6-10-14-18/h5-14,16,20H,3-4,15,23H2,1-2H3,(H,24,25,26). The van der Waals surface area contributed by atoms with Crippen molar-refractivity contribution in [1.29, 1.82) is 0 Å². The lowest BCUT2D eigenvalue weighted by molar-refractivity contribution is 0.759. The van der Waals surface area contributed by atoms with Gasteiger partial charge in [-0.05, 0) is 17.5 Å². The van der Waals surface area contributed by atoms with Crippen molar-refractivity contribution in [3.63, 3.8) is 0 Å². The van der Waals surface area contributed by atoms with Crippen LogP contribution in [0.5, 0.6) is 0 Å². The number of hydrogen-bond acceptors (Lipinski definition) is 5. The lowest BCUT2D eigenvalue weighted by atomic mass is 9.99. The molecule has 0 aliphatic heterocycles. The maximum Gasteiger partial charge on any atom is 0.157 e. The average Bonchev–Trinajstić information content (AvgIpc) is 2.72. The molecular weight excluding hydrogens is 334 g/mol. The highest BCUT2D eigenvalue weighted by Crippen LogP contribution is 2.31. The molecule has 1 heterocycles. The molecule has 0 aliphatic carbocycles. The lowest BCUT2D eigenvalue weighted by Gasteiger charge is -2.24. The van der Waals surface area contributed by atoms with Crippen LogP contribution in [-0.2, 0) is 0 Å². The molecule has 0 amide bonds. The Balaban J connectivity index is 1.93. The van der Waals surface area contributed by atoms with Gasteiger partial charge in [-0.1, -0.05) is 74.0 Å². The van der Waals surface area contributed by atoms with Gasteiger partial charge in [-0.3, -0.25) is 0 Å². The lowest BCUT2D eigenvalue weighted by Crippen LogP contribution is -2.22. The summed E-state index contributed by atoms with van der Waals surface area (Å²) in [6.07, 6.45) is 3.80. The van der Waals surface area contributed by atoms with Crippen LogP contribution >= 0.6 is 0 Å². The van der Waals surface area contributed by atoms with Crippen LogP contribution in [0.2, 0.25) is 0 Å². The Morgan fingerprint density at radius 3 is 2.11 bits per heavy atom. The highest BCUT2D eigenvalue weighted by atomic mass is 15.2. The van der Waals surface area contributed by atoms with Crippen LogP contribution in [0.3, 0.4) is 0 Å². The van der Waals surface area contributed by atoms with Gasteiger partial charge in [-0.25, -0.2) is 9.97 Å². The summed E-state index contributed by atoms with van der Waals surface area (Å²) in [6.45, 7) is 3.09. The molecular formula is C22H27N5. The second kappa shape index (κ2) is 9.03. The number of unbranched alkanes of at least 4 members (excludes halogenated alkanes) is 1. The zero-order chi connectivity index (χ0) is 19.1. The molecule has 3 rings (SSSR count). The number of anilines is 3. The second-order valence-electron chi connectivity index (χ2n) is 6.63. The van der Waals surface area contributed by atoms with Gasteiger partial charge in [-0.2, -0.15) is 0 Å². The Bertz CT molecular complexity index is 796. The molecule has 0 radical (unpaired) electrons. The van der Waals surface area contributed by atoms with E-state index < -0.39 is 0 Å². The quantitative estimate of drug-likeness (QED) is 0.618. The summed E-state index contributed by atoms with van der Waals surface area (Å²) in [5.41, 5.74) is 9.32. The highest BCUT2D eigenvalue weighted by molar-refractivity contribution is 5.75. The van der Waals surface area contributed by atoms with Crippen LogP contribution in [0.1, 0.15) is 36.9 Å². The summed E-state index contributed by atoms with van der Waals surface area (Å²) >= 11 is 0. The van der Waals surface area contributed by atoms with E-state index in [2.05, 4.69) is 51.4 Å². The molecule has 2 aromatic carbocycles. The summed E-state index contributed by atoms with van der Waals surface area (Å²) in [5, 5.41) is 3.53. The maximum atomic E-state index is 6.43. The van der Waals surface area contributed by atoms with Crippen LogP contribution in [0.25, 0.3) is 0 Å². The van der Waals surface area contributed by atoms with Gasteiger partial charge in [-0.15, -0.1) is 0 Å². The highest BCUT2D eigenvalue weighted by Gasteiger charge is 2.18. The molecule has 0 fully saturated rings. The molecule has 0 spiro atoms. The third-order valence-electron chi connectivity index (χ3n) is 4.62. The molecule has 5 nitrogen and oxygen atoms in total. The molecule has 140 valence electrons. The van der Waals surface area contributed by atoms with Crippen molar-refractivity contribution in [3.8, 4) is 0 Å². The van der Waals surface area contributed by atoms with Gasteiger partial charge < -0.3 is 16.0 Å². The Morgan fingerprint density at radius 2 is 1.56 bits per heavy atom. The number of benzene rings is 2. The molecule has 0 atom stereocenters. The normalized spacial score (nSPS) is 10.8. The second-order valence-corrected chi connectivity index (χ2v) is 6.63. The van der Waals surface area contributed by atoms with E-state index in [4.69, 9.17) is 5.73 Å². The summed E-state index contributed by atoms with van der Waals surface area (Å²) < 4.78 is 0. The average molecular weight is 361 g/mol. The summed E-state index contributed by atoms with van der Waals surface area (Å²) in [6, 6.07) is 20.6. The fourth-order valence-electron chi connectivity index (χ4n) is 3.09. The zero-order valence-corrected chi connectivity index (χ0v) is 16.0. The van der Waals surface area contributed by atoms with E-state index in [-0.39, 0.29) is 6.04 Å². The number of hydrogen-bond donors (Lipinski definition) is 2. The van der Waals surface area contributed by atoms with Gasteiger partial charge >= 0.3 is 0 Å². The van der Waals surface area contributed by atoms with Gasteiger partial charge in [0.25, 0.3) is 0 Å². The minimum atomic E-state index is -0.0432. The molecule has 1 aromatic heterocycles. The summed E-state index contributed by atoms with van der Waals surface area (Å²) in [7, 11) is 2.02. The van der Waals surface area contributed by atoms with E-state index >= 15 is 0 Å². The zero-order valence-electron chi connectivity index (χ0n) is 16.0. The smallest absolute Gasteiger partial charge is 0.157 e. The Labute approximate surface area is 161 Å². The molecule has 5 heteroatoms. The number of aromatic nitrogens is 2. The first-order valence-corrected chi connectivity index (χ1v) is 9.38. The van der Waals surface area contributed by atoms with Crippen LogP contribution in [-0.4, -0.2) is 23.6 Å². The minimum absolute atomic E-state index is 0.0432. The van der Waals surface area contributed by atoms with E-state index in [1.165, 1.54) is 0 Å². The summed E-state index contributed by atoms with van der Waals surface area (Å²) in [5.74, 6) is 1.42. The predicted molar refractivity (Wildman–Crippen MR) is 113 cm³/mol. The molecule has 0 bridgehead atoms. The Kier molecular flexibility index (Phi) is 6.26. The first kappa shape index (κ1) is 18.7. The van der Waals surface area contributed by atoms with Crippen LogP contribution in [0.4, 0.5) is 17.3 Å². The number of nitrogens with zero attached hydrogens (tertiary/aromatic N) is 3. The SMILES string of the molecule is CCCCN(C)c1ncnc(NC(c2ccccc2)c2ccccc2)c1N. The van der Waals surface area contributed by atoms with E-state index in [9.17, 15) is 0 Å². The Hall–Kier alpha value is -3.08. The van der Waals surface area contributed by atoms with Gasteiger partial charge in [0.15, 0.2) is 11.6 Å². The number of nitrogen functional groups attached to an aromatic ring is 1. The van der Waals surface area contributed by atoms with Gasteiger partial charge in [0, 0.05) is 13.6 Å². The monoisotopic (exact) mass is 361 g/mol. The molecule has 3 N–H and O–H groups in total. The fraction of sp³-hybridized carbons (Fsp3) is 0.273. The molecule has 0 aliphatic rings. The number of nitrogens with one attached hydrogen (secondary N) is 1. The van der Waals surface area contributed by atoms with Crippen molar-refractivity contribution in [1.82, 2.24) is 9.97 Å². The molecule has 3 aromatic rings. The van der Waals surface area contributed by atoms with Crippen molar-refractivity contribution >= 4 is 17.3 Å². The van der Waals surface area contributed by atoms with Crippen molar-refractivity contribution in [2.75, 3.05) is 29.5 Å². The number of nitrogens with two attached hydrogens (primary N) is 1. The summed E-state index contributed by atoms with van der Waals surface area (Å²) in [4.78, 5) is 10.9. The van der Waals surface area contributed by atoms with Crippen LogP contribution in [0.15, 0.2) is 67.0 Å². The molecule has 0 saturated carbocycles. The third-order valence-corrected chi connectivity index (χ3v) is 4.62. The molecule has 27 heavy (non-hydrogen) atoms. The van der Waals surface area contributed by atoms with Crippen LogP contribution < -0.4 is 16.0 Å². The molecule has 0 unspecified atom stereocenters. The fourth-order valence-corrected chi connectivity index (χ4v) is 3.09. The van der Waals surface area contributed by atoms with Crippen molar-refractivity contribution < 1.29 is 0 Å². The Morgan fingerprint density at radius 1 is 0.963 bits per heavy atom. The first-order chi connectivity index (χ1) is 13.2. The van der Waals surface area contributed by atoms with Crippen molar-refractivity contribution in [3.05, 3.63) is 78.1 Å². The third kappa shape index (κ3) is 4.56. The van der Waals surface area contributed by atoms with E-state index in [1.807, 2.05) is 43.4 Å². The minimum Gasteiger partial charge on any atom is -0.393 e. The van der Waals surface area contributed by atoms with E-state index in [0.29, 0.717) is 11.5 Å². The van der Waals surface area contributed by atoms with E-state index in [1.54, 1.807) is 6.33 Å². The molecule has 0 saturated heterocycles.